The van der Waals surface area contributed by atoms with E-state index in [4.69, 9.17) is 14.9 Å². The molecule has 0 saturated carbocycles. The summed E-state index contributed by atoms with van der Waals surface area (Å²) in [5.41, 5.74) is 0. The lowest BCUT2D eigenvalue weighted by Gasteiger charge is -2.05. The monoisotopic (exact) mass is 248 g/mol. The largest absolute Gasteiger partial charge is 0.466 e. The maximum Gasteiger partial charge on any atom is 0.305 e. The summed E-state index contributed by atoms with van der Waals surface area (Å²) in [5, 5.41) is 15.2. The molecule has 4 heteroatoms. The van der Waals surface area contributed by atoms with E-state index in [0.717, 1.165) is 25.7 Å². The number of hydrogen-bond acceptors (Lipinski definition) is 4. The maximum absolute atomic E-state index is 11.1. The third-order valence-electron chi connectivity index (χ3n) is 2.02. The molecule has 17 heavy (non-hydrogen) atoms. The summed E-state index contributed by atoms with van der Waals surface area (Å²) in [6, 6.07) is 0. The average molecular weight is 248 g/mol. The molecule has 0 saturated heterocycles. The minimum atomic E-state index is -0.125. The van der Waals surface area contributed by atoms with Crippen LogP contribution in [0.3, 0.4) is 0 Å². The number of esters is 1. The Morgan fingerprint density at radius 2 is 1.76 bits per heavy atom. The molecular weight excluding hydrogens is 220 g/mol. The molecule has 0 fully saturated rings. The summed E-state index contributed by atoms with van der Waals surface area (Å²) in [6.45, 7) is 6.77. The van der Waals surface area contributed by atoms with E-state index in [0.29, 0.717) is 18.9 Å². The molecular formula is C13H28O4. The Labute approximate surface area is 105 Å². The van der Waals surface area contributed by atoms with E-state index < -0.39 is 0 Å². The molecule has 0 aliphatic rings. The van der Waals surface area contributed by atoms with Crippen LogP contribution in [-0.2, 0) is 9.53 Å². The molecule has 0 amide bonds. The highest BCUT2D eigenvalue weighted by molar-refractivity contribution is 5.69. The normalized spacial score (nSPS) is 9.76. The van der Waals surface area contributed by atoms with Gasteiger partial charge >= 0.3 is 5.97 Å². The minimum Gasteiger partial charge on any atom is -0.466 e. The van der Waals surface area contributed by atoms with Gasteiger partial charge in [0.05, 0.1) is 19.8 Å². The van der Waals surface area contributed by atoms with Crippen molar-refractivity contribution in [1.82, 2.24) is 0 Å². The van der Waals surface area contributed by atoms with Crippen molar-refractivity contribution in [2.45, 2.75) is 52.9 Å². The zero-order valence-electron chi connectivity index (χ0n) is 11.4. The third kappa shape index (κ3) is 21.3. The fraction of sp³-hybridized carbons (Fsp3) is 0.923. The van der Waals surface area contributed by atoms with Gasteiger partial charge in [-0.2, -0.15) is 0 Å². The van der Waals surface area contributed by atoms with Crippen LogP contribution in [-0.4, -0.2) is 36.0 Å². The lowest BCUT2D eigenvalue weighted by atomic mass is 10.1. The SMILES string of the molecule is CCCCOC(=O)CCCC(C)C.OCCO. The summed E-state index contributed by atoms with van der Waals surface area (Å²) >= 11 is 0. The van der Waals surface area contributed by atoms with E-state index in [2.05, 4.69) is 20.8 Å². The van der Waals surface area contributed by atoms with Crippen molar-refractivity contribution < 1.29 is 19.7 Å². The number of carbonyl (C=O) groups is 1. The summed E-state index contributed by atoms with van der Waals surface area (Å²) in [7, 11) is 0. The highest BCUT2D eigenvalue weighted by Gasteiger charge is 2.02. The Balaban J connectivity index is 0. The zero-order chi connectivity index (χ0) is 13.5. The van der Waals surface area contributed by atoms with Gasteiger partial charge in [-0.05, 0) is 18.8 Å². The van der Waals surface area contributed by atoms with Crippen molar-refractivity contribution in [1.29, 1.82) is 0 Å². The van der Waals surface area contributed by atoms with Crippen LogP contribution in [0.1, 0.15) is 52.9 Å². The average Bonchev–Trinajstić information content (AvgIpc) is 2.29. The van der Waals surface area contributed by atoms with Crippen molar-refractivity contribution in [2.75, 3.05) is 19.8 Å². The van der Waals surface area contributed by atoms with E-state index >= 15 is 0 Å². The molecule has 0 bridgehead atoms. The summed E-state index contributed by atoms with van der Waals surface area (Å²) < 4.78 is 5.03. The van der Waals surface area contributed by atoms with Gasteiger partial charge in [-0.1, -0.05) is 33.6 Å². The molecule has 0 aliphatic heterocycles. The molecule has 0 radical (unpaired) electrons. The van der Waals surface area contributed by atoms with Gasteiger partial charge in [0.15, 0.2) is 0 Å². The summed E-state index contributed by atoms with van der Waals surface area (Å²) in [4.78, 5) is 11.1. The van der Waals surface area contributed by atoms with Gasteiger partial charge < -0.3 is 14.9 Å². The molecule has 0 aromatic rings. The Kier molecular flexibility index (Phi) is 17.0. The first-order valence-corrected chi connectivity index (χ1v) is 6.45. The van der Waals surface area contributed by atoms with E-state index in [1.807, 2.05) is 0 Å². The molecule has 4 nitrogen and oxygen atoms in total. The van der Waals surface area contributed by atoms with Crippen LogP contribution in [0.5, 0.6) is 0 Å². The number of ether oxygens (including phenoxy) is 1. The molecule has 0 aromatic carbocycles. The van der Waals surface area contributed by atoms with Gasteiger partial charge in [-0.25, -0.2) is 0 Å². The third-order valence-corrected chi connectivity index (χ3v) is 2.02. The number of hydrogen-bond donors (Lipinski definition) is 2. The van der Waals surface area contributed by atoms with E-state index in [9.17, 15) is 4.79 Å². The lowest BCUT2D eigenvalue weighted by Crippen LogP contribution is -2.05. The van der Waals surface area contributed by atoms with Gasteiger partial charge in [-0.15, -0.1) is 0 Å². The predicted octanol–water partition coefficient (Wildman–Crippen LogP) is 2.13. The zero-order valence-corrected chi connectivity index (χ0v) is 11.4. The Bertz CT molecular complexity index is 155. The molecule has 0 heterocycles. The molecule has 0 atom stereocenters. The second-order valence-corrected chi connectivity index (χ2v) is 4.31. The first kappa shape index (κ1) is 18.7. The van der Waals surface area contributed by atoms with Crippen molar-refractivity contribution in [3.8, 4) is 0 Å². The smallest absolute Gasteiger partial charge is 0.305 e. The van der Waals surface area contributed by atoms with Crippen molar-refractivity contribution >= 4 is 5.97 Å². The van der Waals surface area contributed by atoms with Gasteiger partial charge in [-0.3, -0.25) is 4.79 Å². The quantitative estimate of drug-likeness (QED) is 0.510. The number of aliphatic hydroxyl groups is 2. The maximum atomic E-state index is 11.1. The molecule has 0 aliphatic carbocycles. The topological polar surface area (TPSA) is 66.8 Å². The van der Waals surface area contributed by atoms with Gasteiger partial charge in [0.25, 0.3) is 0 Å². The van der Waals surface area contributed by atoms with Gasteiger partial charge in [0.1, 0.15) is 0 Å². The fourth-order valence-electron chi connectivity index (χ4n) is 1.06. The van der Waals surface area contributed by atoms with Crippen LogP contribution in [0.4, 0.5) is 0 Å². The van der Waals surface area contributed by atoms with E-state index in [-0.39, 0.29) is 19.2 Å². The molecule has 0 spiro atoms. The van der Waals surface area contributed by atoms with E-state index in [1.165, 1.54) is 0 Å². The highest BCUT2D eigenvalue weighted by atomic mass is 16.5. The minimum absolute atomic E-state index is 0.0332. The van der Waals surface area contributed by atoms with Crippen molar-refractivity contribution in [2.24, 2.45) is 5.92 Å². The molecule has 2 N–H and O–H groups in total. The molecule has 0 aromatic heterocycles. The van der Waals surface area contributed by atoms with E-state index in [1.54, 1.807) is 0 Å². The summed E-state index contributed by atoms with van der Waals surface area (Å²) in [6.07, 6.45) is 4.72. The van der Waals surface area contributed by atoms with Crippen LogP contribution in [0, 0.1) is 5.92 Å². The first-order valence-electron chi connectivity index (χ1n) is 6.45. The second kappa shape index (κ2) is 15.4. The van der Waals surface area contributed by atoms with Gasteiger partial charge in [0.2, 0.25) is 0 Å². The van der Waals surface area contributed by atoms with Gasteiger partial charge in [0, 0.05) is 6.42 Å². The first-order chi connectivity index (χ1) is 8.08. The Hall–Kier alpha value is -0.610. The van der Waals surface area contributed by atoms with Crippen LogP contribution in [0.25, 0.3) is 0 Å². The standard InChI is InChI=1S/C11H22O2.C2H6O2/c1-4-5-9-13-11(12)8-6-7-10(2)3;3-1-2-4/h10H,4-9H2,1-3H3;3-4H,1-2H2. The van der Waals surface area contributed by atoms with Crippen molar-refractivity contribution in [3.63, 3.8) is 0 Å². The van der Waals surface area contributed by atoms with Crippen LogP contribution in [0.2, 0.25) is 0 Å². The van der Waals surface area contributed by atoms with Crippen LogP contribution in [0.15, 0.2) is 0 Å². The lowest BCUT2D eigenvalue weighted by molar-refractivity contribution is -0.143. The number of unbranched alkanes of at least 4 members (excludes halogenated alkanes) is 1. The second-order valence-electron chi connectivity index (χ2n) is 4.31. The number of carbonyl (C=O) groups excluding carboxylic acids is 1. The molecule has 0 unspecified atom stereocenters. The highest BCUT2D eigenvalue weighted by Crippen LogP contribution is 2.06. The van der Waals surface area contributed by atoms with Crippen LogP contribution < -0.4 is 0 Å². The number of aliphatic hydroxyl groups excluding tert-OH is 2. The molecule has 0 rings (SSSR count). The van der Waals surface area contributed by atoms with Crippen LogP contribution >= 0.6 is 0 Å². The fourth-order valence-corrected chi connectivity index (χ4v) is 1.06. The predicted molar refractivity (Wildman–Crippen MR) is 68.7 cm³/mol. The van der Waals surface area contributed by atoms with Crippen molar-refractivity contribution in [3.05, 3.63) is 0 Å². The summed E-state index contributed by atoms with van der Waals surface area (Å²) in [5.74, 6) is 0.651. The Morgan fingerprint density at radius 1 is 1.18 bits per heavy atom. The molecule has 104 valence electrons. The Morgan fingerprint density at radius 3 is 2.18 bits per heavy atom. The number of rotatable bonds is 8.